The second-order valence-corrected chi connectivity index (χ2v) is 7.97. The number of esters is 1. The van der Waals surface area contributed by atoms with Crippen molar-refractivity contribution < 1.29 is 9.53 Å². The van der Waals surface area contributed by atoms with Crippen molar-refractivity contribution in [3.05, 3.63) is 63.1 Å². The molecule has 0 aliphatic rings. The van der Waals surface area contributed by atoms with Gasteiger partial charge in [0.1, 0.15) is 6.33 Å². The highest BCUT2D eigenvalue weighted by Gasteiger charge is 2.25. The van der Waals surface area contributed by atoms with E-state index in [0.717, 1.165) is 4.57 Å². The number of carbonyl (C=O) groups excluding carboxylic acids is 1. The van der Waals surface area contributed by atoms with E-state index in [9.17, 15) is 14.4 Å². The van der Waals surface area contributed by atoms with Crippen molar-refractivity contribution in [1.82, 2.24) is 23.6 Å². The summed E-state index contributed by atoms with van der Waals surface area (Å²) in [6.07, 6.45) is 0.560. The van der Waals surface area contributed by atoms with Crippen molar-refractivity contribution in [1.29, 1.82) is 0 Å². The number of fused-ring (bicyclic) bond motifs is 1. The second-order valence-electron chi connectivity index (χ2n) is 7.97. The minimum Gasteiger partial charge on any atom is -0.436 e. The summed E-state index contributed by atoms with van der Waals surface area (Å²) in [6.45, 7) is 4.47. The number of likely N-dealkylation sites (N-methyl/N-ethyl adjacent to an activating group) is 1. The summed E-state index contributed by atoms with van der Waals surface area (Å²) in [7, 11) is 4.98. The maximum Gasteiger partial charge on any atom is 0.332 e. The Bertz CT molecular complexity index is 1160. The number of hydrogen-bond donors (Lipinski definition) is 0. The van der Waals surface area contributed by atoms with Gasteiger partial charge in [0.2, 0.25) is 6.23 Å². The van der Waals surface area contributed by atoms with Gasteiger partial charge in [-0.15, -0.1) is 0 Å². The van der Waals surface area contributed by atoms with Gasteiger partial charge in [0.15, 0.2) is 11.2 Å². The molecule has 9 nitrogen and oxygen atoms in total. The molecule has 0 aliphatic heterocycles. The molecule has 0 fully saturated rings. The Labute approximate surface area is 174 Å². The van der Waals surface area contributed by atoms with Gasteiger partial charge in [0.25, 0.3) is 5.56 Å². The standard InChI is InChI=1S/C21H27N5O4/c1-14(2)11-25-18-17(19(28)24(5)21(25)29)26(13-22-18)20(15-9-7-6-8-10-15)30-16(27)12-23(3)4/h6-10,13-14,20H,11-12H2,1-5H3. The molecule has 0 bridgehead atoms. The van der Waals surface area contributed by atoms with Gasteiger partial charge in [-0.25, -0.2) is 9.78 Å². The van der Waals surface area contributed by atoms with Crippen LogP contribution in [0.2, 0.25) is 0 Å². The molecule has 0 spiro atoms. The Balaban J connectivity index is 2.22. The van der Waals surface area contributed by atoms with Crippen molar-refractivity contribution >= 4 is 17.1 Å². The molecule has 30 heavy (non-hydrogen) atoms. The third kappa shape index (κ3) is 4.20. The van der Waals surface area contributed by atoms with Gasteiger partial charge in [-0.1, -0.05) is 44.2 Å². The van der Waals surface area contributed by atoms with E-state index in [-0.39, 0.29) is 23.6 Å². The van der Waals surface area contributed by atoms with Crippen molar-refractivity contribution in [3.8, 4) is 0 Å². The number of hydrogen-bond acceptors (Lipinski definition) is 6. The first-order chi connectivity index (χ1) is 14.2. The topological polar surface area (TPSA) is 91.4 Å². The van der Waals surface area contributed by atoms with Crippen LogP contribution in [0, 0.1) is 5.92 Å². The Morgan fingerprint density at radius 1 is 1.17 bits per heavy atom. The molecule has 160 valence electrons. The van der Waals surface area contributed by atoms with Crippen molar-refractivity contribution in [2.24, 2.45) is 13.0 Å². The molecule has 0 aliphatic carbocycles. The maximum atomic E-state index is 13.0. The highest BCUT2D eigenvalue weighted by atomic mass is 16.6. The van der Waals surface area contributed by atoms with E-state index < -0.39 is 23.4 Å². The van der Waals surface area contributed by atoms with Gasteiger partial charge >= 0.3 is 11.7 Å². The molecule has 0 N–H and O–H groups in total. The molecule has 1 unspecified atom stereocenters. The fourth-order valence-electron chi connectivity index (χ4n) is 3.30. The first-order valence-corrected chi connectivity index (χ1v) is 9.76. The van der Waals surface area contributed by atoms with E-state index in [1.807, 2.05) is 44.2 Å². The van der Waals surface area contributed by atoms with Crippen LogP contribution in [-0.2, 0) is 23.1 Å². The van der Waals surface area contributed by atoms with Crippen LogP contribution in [0.4, 0.5) is 0 Å². The Kier molecular flexibility index (Phi) is 6.21. The summed E-state index contributed by atoms with van der Waals surface area (Å²) in [6, 6.07) is 9.14. The van der Waals surface area contributed by atoms with Gasteiger partial charge in [-0.2, -0.15) is 0 Å². The van der Waals surface area contributed by atoms with E-state index in [0.29, 0.717) is 12.1 Å². The number of imidazole rings is 1. The molecule has 0 radical (unpaired) electrons. The monoisotopic (exact) mass is 413 g/mol. The summed E-state index contributed by atoms with van der Waals surface area (Å²) >= 11 is 0. The zero-order chi connectivity index (χ0) is 22.0. The van der Waals surface area contributed by atoms with Crippen molar-refractivity contribution in [3.63, 3.8) is 0 Å². The number of aromatic nitrogens is 4. The van der Waals surface area contributed by atoms with Gasteiger partial charge in [-0.3, -0.25) is 28.2 Å². The van der Waals surface area contributed by atoms with Gasteiger partial charge < -0.3 is 4.74 Å². The minimum absolute atomic E-state index is 0.0893. The third-order valence-electron chi connectivity index (χ3n) is 4.63. The summed E-state index contributed by atoms with van der Waals surface area (Å²) in [5.41, 5.74) is 0.266. The highest BCUT2D eigenvalue weighted by molar-refractivity contribution is 5.73. The summed E-state index contributed by atoms with van der Waals surface area (Å²) in [4.78, 5) is 44.2. The van der Waals surface area contributed by atoms with E-state index in [4.69, 9.17) is 4.74 Å². The minimum atomic E-state index is -0.888. The lowest BCUT2D eigenvalue weighted by Gasteiger charge is -2.21. The molecular formula is C21H27N5O4. The quantitative estimate of drug-likeness (QED) is 0.541. The fraction of sp³-hybridized carbons (Fsp3) is 0.429. The molecule has 2 heterocycles. The molecule has 1 atom stereocenters. The van der Waals surface area contributed by atoms with Crippen LogP contribution in [0.1, 0.15) is 25.6 Å². The molecule has 0 saturated carbocycles. The molecule has 3 rings (SSSR count). The van der Waals surface area contributed by atoms with Crippen LogP contribution in [0.3, 0.4) is 0 Å². The summed E-state index contributed by atoms with van der Waals surface area (Å²) in [5.74, 6) is -0.264. The highest BCUT2D eigenvalue weighted by Crippen LogP contribution is 2.23. The predicted octanol–water partition coefficient (Wildman–Crippen LogP) is 1.20. The first-order valence-electron chi connectivity index (χ1n) is 9.76. The smallest absolute Gasteiger partial charge is 0.332 e. The normalized spacial score (nSPS) is 12.6. The number of rotatable bonds is 7. The second kappa shape index (κ2) is 8.66. The molecule has 0 amide bonds. The molecular weight excluding hydrogens is 386 g/mol. The maximum absolute atomic E-state index is 13.0. The summed E-state index contributed by atoms with van der Waals surface area (Å²) < 4.78 is 9.83. The first kappa shape index (κ1) is 21.5. The van der Waals surface area contributed by atoms with Gasteiger partial charge in [0, 0.05) is 19.2 Å². The van der Waals surface area contributed by atoms with Crippen LogP contribution < -0.4 is 11.2 Å². The van der Waals surface area contributed by atoms with Crippen LogP contribution in [-0.4, -0.2) is 50.2 Å². The Morgan fingerprint density at radius 3 is 2.43 bits per heavy atom. The lowest BCUT2D eigenvalue weighted by molar-refractivity contribution is -0.151. The van der Waals surface area contributed by atoms with Crippen LogP contribution in [0.5, 0.6) is 0 Å². The Hall–Kier alpha value is -3.20. The zero-order valence-electron chi connectivity index (χ0n) is 17.9. The lowest BCUT2D eigenvalue weighted by Crippen LogP contribution is -2.40. The van der Waals surface area contributed by atoms with Crippen molar-refractivity contribution in [2.45, 2.75) is 26.6 Å². The molecule has 3 aromatic rings. The van der Waals surface area contributed by atoms with E-state index >= 15 is 0 Å². The van der Waals surface area contributed by atoms with Gasteiger partial charge in [0.05, 0.1) is 6.54 Å². The average Bonchev–Trinajstić information content (AvgIpc) is 3.12. The number of benzene rings is 1. The average molecular weight is 413 g/mol. The third-order valence-corrected chi connectivity index (χ3v) is 4.63. The lowest BCUT2D eigenvalue weighted by atomic mass is 10.2. The largest absolute Gasteiger partial charge is 0.436 e. The summed E-state index contributed by atoms with van der Waals surface area (Å²) in [5, 5.41) is 0. The zero-order valence-corrected chi connectivity index (χ0v) is 17.9. The predicted molar refractivity (Wildman–Crippen MR) is 113 cm³/mol. The van der Waals surface area contributed by atoms with E-state index in [1.54, 1.807) is 19.0 Å². The SMILES string of the molecule is CC(C)Cn1c(=O)n(C)c(=O)c2c1ncn2C(OC(=O)CN(C)C)c1ccccc1. The molecule has 1 aromatic carbocycles. The molecule has 2 aromatic heterocycles. The van der Waals surface area contributed by atoms with Crippen LogP contribution in [0.25, 0.3) is 11.2 Å². The Morgan fingerprint density at radius 2 is 1.83 bits per heavy atom. The van der Waals surface area contributed by atoms with Crippen molar-refractivity contribution in [2.75, 3.05) is 20.6 Å². The van der Waals surface area contributed by atoms with Crippen LogP contribution >= 0.6 is 0 Å². The van der Waals surface area contributed by atoms with Gasteiger partial charge in [-0.05, 0) is 20.0 Å². The number of carbonyl (C=O) groups is 1. The molecule has 0 saturated heterocycles. The van der Waals surface area contributed by atoms with E-state index in [2.05, 4.69) is 4.98 Å². The van der Waals surface area contributed by atoms with Crippen LogP contribution in [0.15, 0.2) is 46.2 Å². The molecule has 9 heteroatoms. The number of ether oxygens (including phenoxy) is 1. The van der Waals surface area contributed by atoms with E-state index in [1.165, 1.54) is 22.5 Å². The fourth-order valence-corrected chi connectivity index (χ4v) is 3.30. The number of nitrogens with zero attached hydrogens (tertiary/aromatic N) is 5.